The third-order valence-electron chi connectivity index (χ3n) is 0.963. The molecule has 0 aromatic rings. The molecule has 0 aliphatic heterocycles. The highest BCUT2D eigenvalue weighted by Gasteiger charge is 2.31. The van der Waals surface area contributed by atoms with Crippen LogP contribution in [0.5, 0.6) is 0 Å². The van der Waals surface area contributed by atoms with Crippen LogP contribution in [-0.4, -0.2) is 37.1 Å². The first kappa shape index (κ1) is 11.1. The summed E-state index contributed by atoms with van der Waals surface area (Å²) in [4.78, 5) is 20.7. The highest BCUT2D eigenvalue weighted by atomic mass is 32.2. The molecule has 0 amide bonds. The number of esters is 1. The van der Waals surface area contributed by atoms with E-state index in [0.29, 0.717) is 0 Å². The minimum Gasteiger partial charge on any atom is -0.465 e. The molecule has 1 unspecified atom stereocenters. The first-order valence-corrected chi connectivity index (χ1v) is 4.52. The second-order valence-corrected chi connectivity index (χ2v) is 3.36. The largest absolute Gasteiger partial charge is 0.465 e. The molecule has 0 radical (unpaired) electrons. The van der Waals surface area contributed by atoms with Crippen LogP contribution in [0.1, 0.15) is 6.92 Å². The number of carbonyl (C=O) groups is 2. The minimum atomic E-state index is -4.68. The molecular formula is C5H8O6S. The highest BCUT2D eigenvalue weighted by Crippen LogP contribution is 1.98. The normalized spacial score (nSPS) is 13.5. The number of carbonyl (C=O) groups excluding carboxylic acids is 2. The molecule has 0 rings (SSSR count). The van der Waals surface area contributed by atoms with Crippen LogP contribution >= 0.6 is 0 Å². The van der Waals surface area contributed by atoms with E-state index in [-0.39, 0.29) is 12.9 Å². The first-order valence-electron chi connectivity index (χ1n) is 3.01. The van der Waals surface area contributed by atoms with Gasteiger partial charge < -0.3 is 9.53 Å². The van der Waals surface area contributed by atoms with E-state index in [4.69, 9.17) is 4.55 Å². The molecule has 0 spiro atoms. The Labute approximate surface area is 69.3 Å². The van der Waals surface area contributed by atoms with Gasteiger partial charge in [0.15, 0.2) is 6.29 Å². The molecule has 1 N–H and O–H groups in total. The summed E-state index contributed by atoms with van der Waals surface area (Å²) >= 11 is 0. The molecule has 0 aliphatic rings. The fraction of sp³-hybridized carbons (Fsp3) is 0.600. The molecule has 7 heteroatoms. The molecule has 0 saturated heterocycles. The molecule has 70 valence electrons. The maximum atomic E-state index is 10.6. The smallest absolute Gasteiger partial charge is 0.334 e. The van der Waals surface area contributed by atoms with Crippen LogP contribution in [0, 0.1) is 0 Å². The van der Waals surface area contributed by atoms with Gasteiger partial charge in [0.1, 0.15) is 0 Å². The van der Waals surface area contributed by atoms with Gasteiger partial charge in [-0.2, -0.15) is 8.42 Å². The second kappa shape index (κ2) is 4.17. The van der Waals surface area contributed by atoms with Crippen molar-refractivity contribution in [2.75, 3.05) is 6.61 Å². The van der Waals surface area contributed by atoms with Gasteiger partial charge >= 0.3 is 5.97 Å². The molecule has 0 aromatic heterocycles. The molecule has 6 nitrogen and oxygen atoms in total. The van der Waals surface area contributed by atoms with Crippen molar-refractivity contribution in [3.8, 4) is 0 Å². The van der Waals surface area contributed by atoms with Crippen LogP contribution in [-0.2, 0) is 24.4 Å². The summed E-state index contributed by atoms with van der Waals surface area (Å²) in [5.74, 6) is -1.27. The number of rotatable bonds is 4. The van der Waals surface area contributed by atoms with E-state index >= 15 is 0 Å². The predicted octanol–water partition coefficient (Wildman–Crippen LogP) is -0.995. The lowest BCUT2D eigenvalue weighted by molar-refractivity contribution is -0.143. The van der Waals surface area contributed by atoms with Crippen molar-refractivity contribution in [2.45, 2.75) is 12.2 Å². The average molecular weight is 196 g/mol. The zero-order valence-electron chi connectivity index (χ0n) is 6.26. The van der Waals surface area contributed by atoms with Gasteiger partial charge in [-0.15, -0.1) is 0 Å². The molecular weight excluding hydrogens is 188 g/mol. The van der Waals surface area contributed by atoms with Crippen molar-refractivity contribution in [2.24, 2.45) is 0 Å². The minimum absolute atomic E-state index is 0.0569. The van der Waals surface area contributed by atoms with Gasteiger partial charge in [-0.05, 0) is 6.92 Å². The molecule has 0 aromatic carbocycles. The molecule has 1 atom stereocenters. The van der Waals surface area contributed by atoms with E-state index in [0.717, 1.165) is 0 Å². The maximum absolute atomic E-state index is 10.6. The van der Waals surface area contributed by atoms with Crippen molar-refractivity contribution in [1.29, 1.82) is 0 Å². The van der Waals surface area contributed by atoms with Gasteiger partial charge in [0, 0.05) is 0 Å². The van der Waals surface area contributed by atoms with Gasteiger partial charge in [0.2, 0.25) is 5.25 Å². The molecule has 0 bridgehead atoms. The SMILES string of the molecule is CCOC(=O)C(C=O)S(=O)(=O)O. The zero-order chi connectivity index (χ0) is 9.78. The van der Waals surface area contributed by atoms with Crippen LogP contribution in [0.4, 0.5) is 0 Å². The first-order chi connectivity index (χ1) is 5.43. The number of hydrogen-bond acceptors (Lipinski definition) is 5. The third-order valence-corrected chi connectivity index (χ3v) is 1.91. The van der Waals surface area contributed by atoms with Crippen LogP contribution in [0.15, 0.2) is 0 Å². The van der Waals surface area contributed by atoms with E-state index in [1.807, 2.05) is 0 Å². The number of hydrogen-bond donors (Lipinski definition) is 1. The lowest BCUT2D eigenvalue weighted by atomic mass is 10.5. The van der Waals surface area contributed by atoms with Crippen molar-refractivity contribution in [3.05, 3.63) is 0 Å². The Hall–Kier alpha value is -0.950. The summed E-state index contributed by atoms with van der Waals surface area (Å²) in [5.41, 5.74) is 0. The lowest BCUT2D eigenvalue weighted by Crippen LogP contribution is -2.32. The Balaban J connectivity index is 4.58. The van der Waals surface area contributed by atoms with Gasteiger partial charge in [-0.25, -0.2) is 0 Å². The third kappa shape index (κ3) is 2.97. The average Bonchev–Trinajstić information content (AvgIpc) is 1.85. The summed E-state index contributed by atoms with van der Waals surface area (Å²) in [6.07, 6.45) is -0.187. The summed E-state index contributed by atoms with van der Waals surface area (Å²) in [6, 6.07) is 0. The van der Waals surface area contributed by atoms with E-state index in [2.05, 4.69) is 4.74 Å². The zero-order valence-corrected chi connectivity index (χ0v) is 7.08. The Kier molecular flexibility index (Phi) is 3.84. The molecule has 0 heterocycles. The predicted molar refractivity (Wildman–Crippen MR) is 38.0 cm³/mol. The summed E-state index contributed by atoms with van der Waals surface area (Å²) < 4.78 is 33.1. The van der Waals surface area contributed by atoms with Crippen LogP contribution in [0.25, 0.3) is 0 Å². The van der Waals surface area contributed by atoms with Crippen molar-refractivity contribution in [3.63, 3.8) is 0 Å². The monoisotopic (exact) mass is 196 g/mol. The Morgan fingerprint density at radius 3 is 2.42 bits per heavy atom. The van der Waals surface area contributed by atoms with Crippen molar-refractivity contribution < 1.29 is 27.3 Å². The van der Waals surface area contributed by atoms with Crippen LogP contribution in [0.3, 0.4) is 0 Å². The lowest BCUT2D eigenvalue weighted by Gasteiger charge is -2.04. The van der Waals surface area contributed by atoms with Crippen LogP contribution < -0.4 is 0 Å². The molecule has 0 fully saturated rings. The van der Waals surface area contributed by atoms with E-state index < -0.39 is 21.3 Å². The Bertz CT molecular complexity index is 266. The quantitative estimate of drug-likeness (QED) is 0.268. The standard InChI is InChI=1S/C5H8O6S/c1-2-11-5(7)4(3-6)12(8,9)10/h3-4H,2H2,1H3,(H,8,9,10). The van der Waals surface area contributed by atoms with E-state index in [1.54, 1.807) is 0 Å². The second-order valence-electron chi connectivity index (χ2n) is 1.82. The molecule has 0 saturated carbocycles. The highest BCUT2D eigenvalue weighted by molar-refractivity contribution is 7.88. The van der Waals surface area contributed by atoms with Gasteiger partial charge in [0.25, 0.3) is 10.1 Å². The maximum Gasteiger partial charge on any atom is 0.334 e. The van der Waals surface area contributed by atoms with Gasteiger partial charge in [-0.3, -0.25) is 9.35 Å². The van der Waals surface area contributed by atoms with Gasteiger partial charge in [0.05, 0.1) is 6.61 Å². The molecule has 12 heavy (non-hydrogen) atoms. The fourth-order valence-electron chi connectivity index (χ4n) is 0.472. The van der Waals surface area contributed by atoms with Crippen molar-refractivity contribution >= 4 is 22.4 Å². The van der Waals surface area contributed by atoms with Crippen molar-refractivity contribution in [1.82, 2.24) is 0 Å². The van der Waals surface area contributed by atoms with Gasteiger partial charge in [-0.1, -0.05) is 0 Å². The Morgan fingerprint density at radius 1 is 1.67 bits per heavy atom. The summed E-state index contributed by atoms with van der Waals surface area (Å²) in [6.45, 7) is 1.39. The summed E-state index contributed by atoms with van der Waals surface area (Å²) in [7, 11) is -4.68. The fourth-order valence-corrected chi connectivity index (χ4v) is 0.923. The number of aldehydes is 1. The summed E-state index contributed by atoms with van der Waals surface area (Å²) in [5, 5.41) is -2.13. The Morgan fingerprint density at radius 2 is 2.17 bits per heavy atom. The van der Waals surface area contributed by atoms with Crippen LogP contribution in [0.2, 0.25) is 0 Å². The van der Waals surface area contributed by atoms with E-state index in [1.165, 1.54) is 6.92 Å². The topological polar surface area (TPSA) is 97.7 Å². The van der Waals surface area contributed by atoms with E-state index in [9.17, 15) is 18.0 Å². The number of ether oxygens (including phenoxy) is 1. The molecule has 0 aliphatic carbocycles.